The van der Waals surface area contributed by atoms with Crippen LogP contribution in [0.1, 0.15) is 70.3 Å². The Bertz CT molecular complexity index is 2380. The molecule has 0 spiro atoms. The molecule has 0 saturated heterocycles. The Morgan fingerprint density at radius 2 is 1.08 bits per heavy atom. The van der Waals surface area contributed by atoms with E-state index in [0.717, 1.165) is 45.0 Å². The zero-order valence-electron chi connectivity index (χ0n) is 28.0. The monoisotopic (exact) mass is 653 g/mol. The zero-order valence-corrected chi connectivity index (χ0v) is 28.8. The molecule has 0 saturated carbocycles. The lowest BCUT2D eigenvalue weighted by atomic mass is 9.82. The second-order valence-corrected chi connectivity index (χ2v) is 15.3. The summed E-state index contributed by atoms with van der Waals surface area (Å²) < 4.78 is 6.41. The second kappa shape index (κ2) is 10.8. The van der Waals surface area contributed by atoms with Crippen LogP contribution in [0.25, 0.3) is 45.4 Å². The number of fused-ring (bicyclic) bond motifs is 7. The number of hydrogen-bond donors (Lipinski definition) is 0. The van der Waals surface area contributed by atoms with Gasteiger partial charge in [-0.15, -0.1) is 11.3 Å². The van der Waals surface area contributed by atoms with E-state index in [-0.39, 0.29) is 10.8 Å². The maximum absolute atomic E-state index is 11.1. The Morgan fingerprint density at radius 3 is 1.67 bits per heavy atom. The Morgan fingerprint density at radius 1 is 0.551 bits per heavy atom. The van der Waals surface area contributed by atoms with Gasteiger partial charge in [-0.2, -0.15) is 0 Å². The third-order valence-electron chi connectivity index (χ3n) is 10.6. The molecule has 4 heteroatoms. The summed E-state index contributed by atoms with van der Waals surface area (Å²) in [4.78, 5) is 15.2. The molecule has 0 unspecified atom stereocenters. The van der Waals surface area contributed by atoms with E-state index in [1.165, 1.54) is 55.8 Å². The molecule has 0 aliphatic heterocycles. The lowest BCUT2D eigenvalue weighted by molar-refractivity contribution is 0.112. The maximum atomic E-state index is 11.1. The van der Waals surface area contributed by atoms with Crippen molar-refractivity contribution in [1.82, 2.24) is 0 Å². The van der Waals surface area contributed by atoms with Crippen LogP contribution in [-0.4, -0.2) is 6.29 Å². The molecular weight excluding hydrogens is 619 g/mol. The summed E-state index contributed by atoms with van der Waals surface area (Å²) in [6, 6.07) is 43.9. The number of furan rings is 1. The van der Waals surface area contributed by atoms with Crippen molar-refractivity contribution in [2.24, 2.45) is 0 Å². The highest BCUT2D eigenvalue weighted by Gasteiger charge is 2.37. The molecule has 3 nitrogen and oxygen atoms in total. The topological polar surface area (TPSA) is 33.5 Å². The summed E-state index contributed by atoms with van der Waals surface area (Å²) in [5.41, 5.74) is 14.5. The number of aldehydes is 1. The molecule has 0 atom stereocenters. The van der Waals surface area contributed by atoms with Crippen LogP contribution in [0.5, 0.6) is 0 Å². The summed E-state index contributed by atoms with van der Waals surface area (Å²) in [7, 11) is 0. The van der Waals surface area contributed by atoms with Gasteiger partial charge in [-0.25, -0.2) is 0 Å². The summed E-state index contributed by atoms with van der Waals surface area (Å²) in [6.07, 6.45) is 4.85. The van der Waals surface area contributed by atoms with Gasteiger partial charge in [0.1, 0.15) is 11.3 Å². The van der Waals surface area contributed by atoms with Crippen LogP contribution in [0.4, 0.5) is 17.1 Å². The number of benzene rings is 5. The minimum Gasteiger partial charge on any atom is -0.457 e. The van der Waals surface area contributed by atoms with Crippen LogP contribution in [-0.2, 0) is 10.8 Å². The third-order valence-corrected chi connectivity index (χ3v) is 11.6. The predicted octanol–water partition coefficient (Wildman–Crippen LogP) is 12.6. The van der Waals surface area contributed by atoms with Gasteiger partial charge >= 0.3 is 0 Å². The molecule has 2 heterocycles. The first-order valence-electron chi connectivity index (χ1n) is 16.8. The first-order chi connectivity index (χ1) is 23.7. The lowest BCUT2D eigenvalue weighted by Crippen LogP contribution is -2.18. The molecular formula is C45H35NO2S. The smallest absolute Gasteiger partial charge is 0.160 e. The Balaban J connectivity index is 1.18. The minimum atomic E-state index is -0.115. The molecule has 2 aliphatic carbocycles. The molecule has 238 valence electrons. The number of nitrogens with zero attached hydrogens (tertiary/aromatic N) is 1. The SMILES string of the molecule is CC1(C)c2ccccc2-c2ccc(N(c3ccc4c(c3)C(C)(C)c3ccccc3-4)c3ccc4cc(/C=C/c5ccc(C=O)s5)oc4c3)cc21. The van der Waals surface area contributed by atoms with Gasteiger partial charge in [-0.3, -0.25) is 4.79 Å². The van der Waals surface area contributed by atoms with E-state index in [1.54, 1.807) is 0 Å². The zero-order chi connectivity index (χ0) is 33.5. The first-order valence-corrected chi connectivity index (χ1v) is 17.6. The number of rotatable bonds is 6. The van der Waals surface area contributed by atoms with Crippen molar-refractivity contribution in [3.63, 3.8) is 0 Å². The van der Waals surface area contributed by atoms with Crippen molar-refractivity contribution in [3.8, 4) is 22.3 Å². The molecule has 7 aromatic rings. The minimum absolute atomic E-state index is 0.115. The van der Waals surface area contributed by atoms with Gasteiger partial charge in [0.2, 0.25) is 0 Å². The van der Waals surface area contributed by atoms with Crippen LogP contribution in [0, 0.1) is 0 Å². The summed E-state index contributed by atoms with van der Waals surface area (Å²) in [6.45, 7) is 9.34. The molecule has 49 heavy (non-hydrogen) atoms. The number of carbonyl (C=O) groups excluding carboxylic acids is 1. The molecule has 9 rings (SSSR count). The molecule has 0 radical (unpaired) electrons. The molecule has 2 aliphatic rings. The number of thiophene rings is 1. The Kier molecular flexibility index (Phi) is 6.53. The van der Waals surface area contributed by atoms with Gasteiger partial charge in [-0.05, 0) is 111 Å². The summed E-state index contributed by atoms with van der Waals surface area (Å²) in [5.74, 6) is 0.772. The fourth-order valence-corrected chi connectivity index (χ4v) is 8.79. The molecule has 0 bridgehead atoms. The van der Waals surface area contributed by atoms with Crippen LogP contribution >= 0.6 is 11.3 Å². The van der Waals surface area contributed by atoms with Crippen molar-refractivity contribution < 1.29 is 9.21 Å². The van der Waals surface area contributed by atoms with Gasteiger partial charge in [0.25, 0.3) is 0 Å². The molecule has 0 fully saturated rings. The normalized spacial score (nSPS) is 14.9. The van der Waals surface area contributed by atoms with E-state index in [9.17, 15) is 4.79 Å². The molecule has 2 aromatic heterocycles. The first kappa shape index (κ1) is 29.7. The van der Waals surface area contributed by atoms with Crippen LogP contribution in [0.15, 0.2) is 126 Å². The highest BCUT2D eigenvalue weighted by Crippen LogP contribution is 2.53. The molecule has 0 amide bonds. The highest BCUT2D eigenvalue weighted by atomic mass is 32.1. The van der Waals surface area contributed by atoms with E-state index in [2.05, 4.69) is 142 Å². The van der Waals surface area contributed by atoms with E-state index in [4.69, 9.17) is 4.42 Å². The molecule has 0 N–H and O–H groups in total. The predicted molar refractivity (Wildman–Crippen MR) is 205 cm³/mol. The standard InChI is InChI=1S/C45H35NO2S/c1-44(2)39-11-7-5-9-35(39)37-21-15-29(24-41(37)44)46(30-16-22-38-36-10-6-8-12-40(36)45(3,4)42(38)25-30)31-14-13-28-23-32(48-43(28)26-31)17-18-33-19-20-34(27-47)49-33/h5-27H,1-4H3/b18-17+. The van der Waals surface area contributed by atoms with Crippen molar-refractivity contribution in [2.75, 3.05) is 4.90 Å². The van der Waals surface area contributed by atoms with Crippen molar-refractivity contribution in [3.05, 3.63) is 159 Å². The number of hydrogen-bond acceptors (Lipinski definition) is 4. The van der Waals surface area contributed by atoms with E-state index in [1.807, 2.05) is 24.3 Å². The summed E-state index contributed by atoms with van der Waals surface area (Å²) >= 11 is 1.47. The average Bonchev–Trinajstić information content (AvgIpc) is 3.86. The largest absolute Gasteiger partial charge is 0.457 e. The van der Waals surface area contributed by atoms with Gasteiger partial charge in [0.15, 0.2) is 6.29 Å². The quantitative estimate of drug-likeness (QED) is 0.168. The van der Waals surface area contributed by atoms with Crippen molar-refractivity contribution >= 4 is 57.8 Å². The third kappa shape index (κ3) is 4.58. The molecule has 5 aromatic carbocycles. The maximum Gasteiger partial charge on any atom is 0.160 e. The van der Waals surface area contributed by atoms with Gasteiger partial charge in [0, 0.05) is 44.2 Å². The van der Waals surface area contributed by atoms with E-state index >= 15 is 0 Å². The van der Waals surface area contributed by atoms with Crippen molar-refractivity contribution in [1.29, 1.82) is 0 Å². The Labute approximate surface area is 290 Å². The van der Waals surface area contributed by atoms with Crippen LogP contribution in [0.3, 0.4) is 0 Å². The highest BCUT2D eigenvalue weighted by molar-refractivity contribution is 7.14. The summed E-state index contributed by atoms with van der Waals surface area (Å²) in [5, 5.41) is 1.04. The van der Waals surface area contributed by atoms with Crippen LogP contribution in [0.2, 0.25) is 0 Å². The van der Waals surface area contributed by atoms with Gasteiger partial charge in [-0.1, -0.05) is 88.4 Å². The van der Waals surface area contributed by atoms with Gasteiger partial charge < -0.3 is 9.32 Å². The average molecular weight is 654 g/mol. The fourth-order valence-electron chi connectivity index (χ4n) is 8.06. The van der Waals surface area contributed by atoms with E-state index < -0.39 is 0 Å². The number of carbonyl (C=O) groups is 1. The van der Waals surface area contributed by atoms with Crippen LogP contribution < -0.4 is 4.90 Å². The number of anilines is 3. The Hall–Kier alpha value is -5.45. The van der Waals surface area contributed by atoms with Crippen molar-refractivity contribution in [2.45, 2.75) is 38.5 Å². The fraction of sp³-hybridized carbons (Fsp3) is 0.133. The van der Waals surface area contributed by atoms with E-state index in [0.29, 0.717) is 4.88 Å². The lowest BCUT2D eigenvalue weighted by Gasteiger charge is -2.29. The second-order valence-electron chi connectivity index (χ2n) is 14.2. The van der Waals surface area contributed by atoms with Gasteiger partial charge in [0.05, 0.1) is 4.88 Å².